The van der Waals surface area contributed by atoms with E-state index in [9.17, 15) is 9.59 Å². The fraction of sp³-hybridized carbons (Fsp3) is 0.385. The molecule has 1 aliphatic heterocycles. The van der Waals surface area contributed by atoms with Crippen molar-refractivity contribution < 1.29 is 14.3 Å². The second-order valence-corrected chi connectivity index (χ2v) is 4.82. The summed E-state index contributed by atoms with van der Waals surface area (Å²) in [6.07, 6.45) is 0.316. The summed E-state index contributed by atoms with van der Waals surface area (Å²) in [4.78, 5) is 23.1. The smallest absolute Gasteiger partial charge is 0.221 e. The lowest BCUT2D eigenvalue weighted by molar-refractivity contribution is -0.114. The van der Waals surface area contributed by atoms with Gasteiger partial charge >= 0.3 is 0 Å². The molecule has 0 fully saturated rings. The highest BCUT2D eigenvalue weighted by molar-refractivity contribution is 6.07. The Bertz CT molecular complexity index is 491. The lowest BCUT2D eigenvalue weighted by atomic mass is 9.92. The summed E-state index contributed by atoms with van der Waals surface area (Å²) in [5, 5.41) is 2.65. The normalized spacial score (nSPS) is 17.0. The minimum atomic E-state index is -0.487. The number of Topliss-reactive ketones (excluding diaryl/α,β-unsaturated/α-hetero) is 1. The molecule has 0 saturated heterocycles. The highest BCUT2D eigenvalue weighted by Gasteiger charge is 2.34. The van der Waals surface area contributed by atoms with Crippen molar-refractivity contribution in [3.63, 3.8) is 0 Å². The molecule has 1 aromatic rings. The van der Waals surface area contributed by atoms with Gasteiger partial charge in [0, 0.05) is 6.92 Å². The summed E-state index contributed by atoms with van der Waals surface area (Å²) < 4.78 is 5.74. The van der Waals surface area contributed by atoms with Crippen LogP contribution in [-0.2, 0) is 4.79 Å². The van der Waals surface area contributed by atoms with Gasteiger partial charge in [0.1, 0.15) is 11.4 Å². The van der Waals surface area contributed by atoms with Gasteiger partial charge in [0.05, 0.1) is 17.7 Å². The minimum Gasteiger partial charge on any atom is -0.487 e. The molecule has 1 aliphatic rings. The Morgan fingerprint density at radius 3 is 2.76 bits per heavy atom. The molecular weight excluding hydrogens is 218 g/mol. The Hall–Kier alpha value is -1.84. The van der Waals surface area contributed by atoms with Crippen LogP contribution >= 0.6 is 0 Å². The van der Waals surface area contributed by atoms with Crippen LogP contribution in [0.3, 0.4) is 0 Å². The van der Waals surface area contributed by atoms with E-state index in [1.165, 1.54) is 6.92 Å². The fourth-order valence-electron chi connectivity index (χ4n) is 2.01. The quantitative estimate of drug-likeness (QED) is 0.810. The first-order chi connectivity index (χ1) is 7.89. The molecule has 2 rings (SSSR count). The molecule has 4 nitrogen and oxygen atoms in total. The number of amides is 1. The minimum absolute atomic E-state index is 0.000556. The van der Waals surface area contributed by atoms with E-state index in [1.54, 1.807) is 18.2 Å². The summed E-state index contributed by atoms with van der Waals surface area (Å²) >= 11 is 0. The number of hydrogen-bond acceptors (Lipinski definition) is 3. The van der Waals surface area contributed by atoms with Crippen molar-refractivity contribution >= 4 is 17.4 Å². The third kappa shape index (κ3) is 2.30. The topological polar surface area (TPSA) is 55.4 Å². The van der Waals surface area contributed by atoms with Crippen LogP contribution in [0, 0.1) is 0 Å². The van der Waals surface area contributed by atoms with Crippen LogP contribution in [0.2, 0.25) is 0 Å². The molecule has 0 radical (unpaired) electrons. The summed E-state index contributed by atoms with van der Waals surface area (Å²) in [7, 11) is 0. The standard InChI is InChI=1S/C13H15NO3/c1-8(15)14-9-5-4-6-11-12(9)10(16)7-13(2,3)17-11/h4-6H,7H2,1-3H3,(H,14,15). The Morgan fingerprint density at radius 2 is 2.12 bits per heavy atom. The summed E-state index contributed by atoms with van der Waals surface area (Å²) in [5.74, 6) is 0.342. The maximum Gasteiger partial charge on any atom is 0.221 e. The van der Waals surface area contributed by atoms with Crippen molar-refractivity contribution in [2.75, 3.05) is 5.32 Å². The molecule has 17 heavy (non-hydrogen) atoms. The van der Waals surface area contributed by atoms with Gasteiger partial charge in [-0.3, -0.25) is 9.59 Å². The van der Waals surface area contributed by atoms with Crippen LogP contribution in [0.15, 0.2) is 18.2 Å². The number of benzene rings is 1. The summed E-state index contributed by atoms with van der Waals surface area (Å²) in [5.41, 5.74) is 0.511. The molecule has 0 spiro atoms. The van der Waals surface area contributed by atoms with Gasteiger partial charge in [-0.05, 0) is 26.0 Å². The maximum absolute atomic E-state index is 12.1. The van der Waals surface area contributed by atoms with Crippen LogP contribution in [0.5, 0.6) is 5.75 Å². The fourth-order valence-corrected chi connectivity index (χ4v) is 2.01. The number of hydrogen-bond donors (Lipinski definition) is 1. The van der Waals surface area contributed by atoms with Gasteiger partial charge in [0.15, 0.2) is 5.78 Å². The number of ether oxygens (including phenoxy) is 1. The zero-order valence-corrected chi connectivity index (χ0v) is 10.2. The van der Waals surface area contributed by atoms with E-state index in [-0.39, 0.29) is 11.7 Å². The number of carbonyl (C=O) groups excluding carboxylic acids is 2. The van der Waals surface area contributed by atoms with Gasteiger partial charge in [-0.1, -0.05) is 6.07 Å². The Kier molecular flexibility index (Phi) is 2.65. The number of carbonyl (C=O) groups is 2. The first kappa shape index (κ1) is 11.6. The highest BCUT2D eigenvalue weighted by atomic mass is 16.5. The van der Waals surface area contributed by atoms with Gasteiger partial charge in [-0.15, -0.1) is 0 Å². The number of anilines is 1. The van der Waals surface area contributed by atoms with E-state index in [0.717, 1.165) is 0 Å². The molecule has 0 aliphatic carbocycles. The highest BCUT2D eigenvalue weighted by Crippen LogP contribution is 2.36. The van der Waals surface area contributed by atoms with Crippen LogP contribution in [0.4, 0.5) is 5.69 Å². The second kappa shape index (κ2) is 3.87. The van der Waals surface area contributed by atoms with Crippen LogP contribution in [0.1, 0.15) is 37.6 Å². The second-order valence-electron chi connectivity index (χ2n) is 4.82. The first-order valence-electron chi connectivity index (χ1n) is 5.52. The molecule has 1 heterocycles. The van der Waals surface area contributed by atoms with E-state index >= 15 is 0 Å². The largest absolute Gasteiger partial charge is 0.487 e. The van der Waals surface area contributed by atoms with E-state index in [4.69, 9.17) is 4.74 Å². The van der Waals surface area contributed by atoms with Crippen molar-refractivity contribution in [2.45, 2.75) is 32.8 Å². The van der Waals surface area contributed by atoms with Gasteiger partial charge in [-0.2, -0.15) is 0 Å². The summed E-state index contributed by atoms with van der Waals surface area (Å²) in [6.45, 7) is 5.16. The molecular formula is C13H15NO3. The molecule has 1 aromatic carbocycles. The molecule has 0 aromatic heterocycles. The monoisotopic (exact) mass is 233 g/mol. The molecule has 4 heteroatoms. The zero-order chi connectivity index (χ0) is 12.6. The van der Waals surface area contributed by atoms with E-state index in [2.05, 4.69) is 5.32 Å². The molecule has 0 atom stereocenters. The third-order valence-electron chi connectivity index (χ3n) is 2.59. The number of fused-ring (bicyclic) bond motifs is 1. The van der Waals surface area contributed by atoms with Crippen LogP contribution in [0.25, 0.3) is 0 Å². The third-order valence-corrected chi connectivity index (χ3v) is 2.59. The van der Waals surface area contributed by atoms with Crippen LogP contribution < -0.4 is 10.1 Å². The average Bonchev–Trinajstić information content (AvgIpc) is 2.13. The van der Waals surface area contributed by atoms with Gasteiger partial charge in [0.25, 0.3) is 0 Å². The van der Waals surface area contributed by atoms with Crippen molar-refractivity contribution in [3.8, 4) is 5.75 Å². The average molecular weight is 233 g/mol. The van der Waals surface area contributed by atoms with Gasteiger partial charge in [-0.25, -0.2) is 0 Å². The van der Waals surface area contributed by atoms with Crippen molar-refractivity contribution in [3.05, 3.63) is 23.8 Å². The molecule has 0 unspecified atom stereocenters. The Balaban J connectivity index is 2.48. The lowest BCUT2D eigenvalue weighted by Gasteiger charge is -2.32. The zero-order valence-electron chi connectivity index (χ0n) is 10.2. The SMILES string of the molecule is CC(=O)Nc1cccc2c1C(=O)CC(C)(C)O2. The number of nitrogens with one attached hydrogen (secondary N) is 1. The Labute approximate surface area is 100.0 Å². The van der Waals surface area contributed by atoms with Crippen LogP contribution in [-0.4, -0.2) is 17.3 Å². The molecule has 1 N–H and O–H groups in total. The van der Waals surface area contributed by atoms with Gasteiger partial charge in [0.2, 0.25) is 5.91 Å². The lowest BCUT2D eigenvalue weighted by Crippen LogP contribution is -2.36. The van der Waals surface area contributed by atoms with E-state index in [1.807, 2.05) is 13.8 Å². The van der Waals surface area contributed by atoms with Crippen molar-refractivity contribution in [1.29, 1.82) is 0 Å². The number of rotatable bonds is 1. The molecule has 90 valence electrons. The predicted molar refractivity (Wildman–Crippen MR) is 64.4 cm³/mol. The predicted octanol–water partition coefficient (Wildman–Crippen LogP) is 2.39. The maximum atomic E-state index is 12.1. The van der Waals surface area contributed by atoms with Crippen molar-refractivity contribution in [1.82, 2.24) is 0 Å². The van der Waals surface area contributed by atoms with Crippen molar-refractivity contribution in [2.24, 2.45) is 0 Å². The molecule has 0 saturated carbocycles. The molecule has 1 amide bonds. The van der Waals surface area contributed by atoms with E-state index in [0.29, 0.717) is 23.4 Å². The Morgan fingerprint density at radius 1 is 1.41 bits per heavy atom. The number of ketones is 1. The first-order valence-corrected chi connectivity index (χ1v) is 5.52. The molecule has 0 bridgehead atoms. The van der Waals surface area contributed by atoms with Gasteiger partial charge < -0.3 is 10.1 Å². The summed E-state index contributed by atoms with van der Waals surface area (Å²) in [6, 6.07) is 5.22. The van der Waals surface area contributed by atoms with E-state index < -0.39 is 5.60 Å².